The quantitative estimate of drug-likeness (QED) is 0.794. The van der Waals surface area contributed by atoms with Crippen molar-refractivity contribution in [2.45, 2.75) is 12.8 Å². The van der Waals surface area contributed by atoms with Gasteiger partial charge in [-0.25, -0.2) is 0 Å². The van der Waals surface area contributed by atoms with Crippen LogP contribution >= 0.6 is 0 Å². The number of hydrogen-bond acceptors (Lipinski definition) is 5. The number of ether oxygens (including phenoxy) is 2. The standard InChI is InChI=1S/C23H27N3O4/c1-25(2)10-9-16-3-5-18(6-4-16)24-23(28)17-13-22(27)26(15-17)19-7-8-20-21(14-19)30-12-11-29-20/h3-8,14,17H,9-13,15H2,1-2H3,(H,24,28). The molecule has 0 aliphatic carbocycles. The molecule has 0 bridgehead atoms. The Kier molecular flexibility index (Phi) is 5.90. The van der Waals surface area contributed by atoms with Crippen molar-refractivity contribution < 1.29 is 19.1 Å². The third-order valence-corrected chi connectivity index (χ3v) is 5.40. The third kappa shape index (κ3) is 4.57. The Bertz CT molecular complexity index is 927. The second-order valence-corrected chi connectivity index (χ2v) is 7.97. The third-order valence-electron chi connectivity index (χ3n) is 5.40. The van der Waals surface area contributed by atoms with Crippen molar-refractivity contribution >= 4 is 23.2 Å². The van der Waals surface area contributed by atoms with Crippen LogP contribution in [0.15, 0.2) is 42.5 Å². The van der Waals surface area contributed by atoms with Gasteiger partial charge in [-0.1, -0.05) is 12.1 Å². The van der Waals surface area contributed by atoms with E-state index in [0.29, 0.717) is 31.3 Å². The maximum atomic E-state index is 12.7. The zero-order chi connectivity index (χ0) is 21.1. The fourth-order valence-electron chi connectivity index (χ4n) is 3.68. The molecule has 1 atom stereocenters. The van der Waals surface area contributed by atoms with Gasteiger partial charge in [-0.2, -0.15) is 0 Å². The molecule has 0 saturated carbocycles. The van der Waals surface area contributed by atoms with Crippen molar-refractivity contribution in [3.63, 3.8) is 0 Å². The van der Waals surface area contributed by atoms with Gasteiger partial charge in [0.1, 0.15) is 13.2 Å². The van der Waals surface area contributed by atoms with E-state index in [0.717, 1.165) is 24.3 Å². The number of carbonyl (C=O) groups is 2. The number of anilines is 2. The first-order valence-corrected chi connectivity index (χ1v) is 10.2. The van der Waals surface area contributed by atoms with E-state index in [2.05, 4.69) is 10.2 Å². The summed E-state index contributed by atoms with van der Waals surface area (Å²) in [7, 11) is 4.09. The molecule has 30 heavy (non-hydrogen) atoms. The topological polar surface area (TPSA) is 71.1 Å². The molecule has 1 fully saturated rings. The molecule has 1 unspecified atom stereocenters. The van der Waals surface area contributed by atoms with Crippen molar-refractivity contribution in [1.29, 1.82) is 0 Å². The Hall–Kier alpha value is -3.06. The summed E-state index contributed by atoms with van der Waals surface area (Å²) in [4.78, 5) is 29.1. The first-order chi connectivity index (χ1) is 14.5. The van der Waals surface area contributed by atoms with Crippen LogP contribution in [0.25, 0.3) is 0 Å². The van der Waals surface area contributed by atoms with Gasteiger partial charge in [0, 0.05) is 37.0 Å². The largest absolute Gasteiger partial charge is 0.486 e. The first-order valence-electron chi connectivity index (χ1n) is 10.2. The molecule has 1 saturated heterocycles. The molecular formula is C23H27N3O4. The van der Waals surface area contributed by atoms with Crippen LogP contribution < -0.4 is 19.7 Å². The number of nitrogens with one attached hydrogen (secondary N) is 1. The number of rotatable bonds is 6. The predicted octanol–water partition coefficient (Wildman–Crippen LogP) is 2.55. The summed E-state index contributed by atoms with van der Waals surface area (Å²) in [5, 5.41) is 2.95. The van der Waals surface area contributed by atoms with Crippen LogP contribution in [0.1, 0.15) is 12.0 Å². The first kappa shape index (κ1) is 20.2. The molecular weight excluding hydrogens is 382 g/mol. The number of amides is 2. The van der Waals surface area contributed by atoms with Gasteiger partial charge in [0.15, 0.2) is 11.5 Å². The summed E-state index contributed by atoms with van der Waals surface area (Å²) in [5.74, 6) is 0.725. The maximum absolute atomic E-state index is 12.7. The van der Waals surface area contributed by atoms with E-state index in [1.165, 1.54) is 5.56 Å². The van der Waals surface area contributed by atoms with Crippen molar-refractivity contribution in [3.8, 4) is 11.5 Å². The summed E-state index contributed by atoms with van der Waals surface area (Å²) in [6, 6.07) is 13.3. The van der Waals surface area contributed by atoms with Crippen molar-refractivity contribution in [2.24, 2.45) is 5.92 Å². The molecule has 158 valence electrons. The zero-order valence-electron chi connectivity index (χ0n) is 17.4. The summed E-state index contributed by atoms with van der Waals surface area (Å²) < 4.78 is 11.1. The van der Waals surface area contributed by atoms with E-state index in [1.54, 1.807) is 11.0 Å². The normalized spacial score (nSPS) is 18.0. The van der Waals surface area contributed by atoms with Crippen molar-refractivity contribution in [1.82, 2.24) is 4.90 Å². The Morgan fingerprint density at radius 1 is 1.10 bits per heavy atom. The van der Waals surface area contributed by atoms with Crippen molar-refractivity contribution in [3.05, 3.63) is 48.0 Å². The lowest BCUT2D eigenvalue weighted by Gasteiger charge is -2.22. The van der Waals surface area contributed by atoms with E-state index in [4.69, 9.17) is 9.47 Å². The Labute approximate surface area is 176 Å². The number of nitrogens with zero attached hydrogens (tertiary/aromatic N) is 2. The molecule has 2 aromatic rings. The monoisotopic (exact) mass is 409 g/mol. The number of benzene rings is 2. The summed E-state index contributed by atoms with van der Waals surface area (Å²) in [6.07, 6.45) is 1.16. The lowest BCUT2D eigenvalue weighted by atomic mass is 10.1. The molecule has 1 N–H and O–H groups in total. The molecule has 2 amide bonds. The van der Waals surface area contributed by atoms with E-state index in [9.17, 15) is 9.59 Å². The van der Waals surface area contributed by atoms with Crippen molar-refractivity contribution in [2.75, 3.05) is 50.6 Å². The lowest BCUT2D eigenvalue weighted by molar-refractivity contribution is -0.122. The van der Waals surface area contributed by atoms with Gasteiger partial charge in [0.25, 0.3) is 0 Å². The highest BCUT2D eigenvalue weighted by Crippen LogP contribution is 2.36. The van der Waals surface area contributed by atoms with Gasteiger partial charge in [0.2, 0.25) is 11.8 Å². The second kappa shape index (κ2) is 8.75. The summed E-state index contributed by atoms with van der Waals surface area (Å²) >= 11 is 0. The highest BCUT2D eigenvalue weighted by atomic mass is 16.6. The molecule has 7 nitrogen and oxygen atoms in total. The SMILES string of the molecule is CN(C)CCc1ccc(NC(=O)C2CC(=O)N(c3ccc4c(c3)OCCO4)C2)cc1. The molecule has 2 aromatic carbocycles. The average molecular weight is 409 g/mol. The van der Waals surface area contributed by atoms with Crippen LogP contribution in [-0.4, -0.2) is 57.1 Å². The maximum Gasteiger partial charge on any atom is 0.229 e. The number of fused-ring (bicyclic) bond motifs is 1. The fourth-order valence-corrected chi connectivity index (χ4v) is 3.68. The summed E-state index contributed by atoms with van der Waals surface area (Å²) in [5.41, 5.74) is 2.70. The van der Waals surface area contributed by atoms with Crippen LogP contribution in [0, 0.1) is 5.92 Å². The lowest BCUT2D eigenvalue weighted by Crippen LogP contribution is -2.28. The predicted molar refractivity (Wildman–Crippen MR) is 115 cm³/mol. The van der Waals surface area contributed by atoms with Crippen LogP contribution in [-0.2, 0) is 16.0 Å². The highest BCUT2D eigenvalue weighted by Gasteiger charge is 2.35. The van der Waals surface area contributed by atoms with Crippen LogP contribution in [0.4, 0.5) is 11.4 Å². The van der Waals surface area contributed by atoms with Gasteiger partial charge in [0.05, 0.1) is 5.92 Å². The Morgan fingerprint density at radius 3 is 2.57 bits per heavy atom. The number of carbonyl (C=O) groups excluding carboxylic acids is 2. The highest BCUT2D eigenvalue weighted by molar-refractivity contribution is 6.03. The molecule has 0 spiro atoms. The molecule has 4 rings (SSSR count). The van der Waals surface area contributed by atoms with Gasteiger partial charge in [-0.3, -0.25) is 9.59 Å². The molecule has 2 aliphatic rings. The average Bonchev–Trinajstić information content (AvgIpc) is 3.14. The van der Waals surface area contributed by atoms with E-state index in [-0.39, 0.29) is 24.2 Å². The van der Waals surface area contributed by atoms with Gasteiger partial charge in [-0.15, -0.1) is 0 Å². The van der Waals surface area contributed by atoms with Gasteiger partial charge >= 0.3 is 0 Å². The minimum Gasteiger partial charge on any atom is -0.486 e. The van der Waals surface area contributed by atoms with Gasteiger partial charge < -0.3 is 24.6 Å². The fraction of sp³-hybridized carbons (Fsp3) is 0.391. The van der Waals surface area contributed by atoms with Gasteiger partial charge in [-0.05, 0) is 50.3 Å². The Morgan fingerprint density at radius 2 is 1.83 bits per heavy atom. The molecule has 2 heterocycles. The number of likely N-dealkylation sites (N-methyl/N-ethyl adjacent to an activating group) is 1. The zero-order valence-corrected chi connectivity index (χ0v) is 17.4. The number of hydrogen-bond donors (Lipinski definition) is 1. The minimum atomic E-state index is -0.390. The van der Waals surface area contributed by atoms with E-state index in [1.807, 2.05) is 50.5 Å². The molecule has 7 heteroatoms. The molecule has 0 radical (unpaired) electrons. The van der Waals surface area contributed by atoms with E-state index < -0.39 is 0 Å². The summed E-state index contributed by atoms with van der Waals surface area (Å²) in [6.45, 7) is 2.34. The van der Waals surface area contributed by atoms with Crippen LogP contribution in [0.5, 0.6) is 11.5 Å². The minimum absolute atomic E-state index is 0.0640. The second-order valence-electron chi connectivity index (χ2n) is 7.97. The smallest absolute Gasteiger partial charge is 0.229 e. The molecule has 0 aromatic heterocycles. The molecule has 2 aliphatic heterocycles. The Balaban J connectivity index is 1.37. The van der Waals surface area contributed by atoms with Crippen LogP contribution in [0.2, 0.25) is 0 Å². The van der Waals surface area contributed by atoms with Crippen LogP contribution in [0.3, 0.4) is 0 Å². The van der Waals surface area contributed by atoms with E-state index >= 15 is 0 Å².